The molecule has 276 valence electrons. The summed E-state index contributed by atoms with van der Waals surface area (Å²) >= 11 is 12.9. The average molecular weight is 868 g/mol. The summed E-state index contributed by atoms with van der Waals surface area (Å²) in [6.07, 6.45) is 8.99. The number of thiophene rings is 7. The molecule has 0 fully saturated rings. The second kappa shape index (κ2) is 14.3. The number of aromatic nitrogens is 1. The summed E-state index contributed by atoms with van der Waals surface area (Å²) in [7, 11) is 0. The Morgan fingerprint density at radius 1 is 0.362 bits per heavy atom. The van der Waals surface area contributed by atoms with Gasteiger partial charge in [-0.2, -0.15) is 0 Å². The van der Waals surface area contributed by atoms with Crippen molar-refractivity contribution >= 4 is 156 Å². The van der Waals surface area contributed by atoms with Crippen molar-refractivity contribution in [3.05, 3.63) is 165 Å². The first-order valence-electron chi connectivity index (χ1n) is 18.8. The molecule has 0 unspecified atom stereocenters. The van der Waals surface area contributed by atoms with Crippen LogP contribution in [-0.2, 0) is 0 Å². The van der Waals surface area contributed by atoms with Crippen LogP contribution in [0.1, 0.15) is 20.9 Å². The summed E-state index contributed by atoms with van der Waals surface area (Å²) in [4.78, 5) is 17.0. The first-order valence-corrected chi connectivity index (χ1v) is 24.7. The molecule has 0 aliphatic rings. The van der Waals surface area contributed by atoms with E-state index < -0.39 is 0 Å². The molecule has 0 amide bonds. The van der Waals surface area contributed by atoms with E-state index in [9.17, 15) is 0 Å². The van der Waals surface area contributed by atoms with Gasteiger partial charge in [-0.1, -0.05) is 72.8 Å². The highest BCUT2D eigenvalue weighted by Crippen LogP contribution is 2.44. The van der Waals surface area contributed by atoms with Crippen LogP contribution in [0, 0.1) is 0 Å². The fourth-order valence-electron chi connectivity index (χ4n) is 7.81. The van der Waals surface area contributed by atoms with Gasteiger partial charge in [0.2, 0.25) is 0 Å². The van der Waals surface area contributed by atoms with E-state index >= 15 is 0 Å². The minimum atomic E-state index is 1.17. The van der Waals surface area contributed by atoms with Crippen molar-refractivity contribution in [2.75, 3.05) is 0 Å². The highest BCUT2D eigenvalue weighted by atomic mass is 32.1. The molecular weight excluding hydrogens is 839 g/mol. The van der Waals surface area contributed by atoms with E-state index in [1.807, 2.05) is 56.7 Å². The first-order chi connectivity index (χ1) is 28.7. The quantitative estimate of drug-likeness (QED) is 0.157. The lowest BCUT2D eigenvalue weighted by atomic mass is 10.0. The number of nitrogens with one attached hydrogen (secondary N) is 1. The number of fused-ring (bicyclic) bond motifs is 9. The molecule has 0 radical (unpaired) electrons. The van der Waals surface area contributed by atoms with E-state index in [-0.39, 0.29) is 0 Å². The van der Waals surface area contributed by atoms with E-state index in [0.717, 1.165) is 0 Å². The number of aromatic amines is 1. The molecule has 12 rings (SSSR count). The zero-order valence-electron chi connectivity index (χ0n) is 30.5. The molecule has 0 saturated heterocycles. The van der Waals surface area contributed by atoms with Crippen molar-refractivity contribution < 1.29 is 0 Å². The summed E-state index contributed by atoms with van der Waals surface area (Å²) in [6, 6.07) is 49.6. The van der Waals surface area contributed by atoms with Gasteiger partial charge in [0.25, 0.3) is 0 Å². The van der Waals surface area contributed by atoms with Crippen LogP contribution in [0.2, 0.25) is 0 Å². The maximum absolute atomic E-state index is 3.83. The van der Waals surface area contributed by atoms with Crippen molar-refractivity contribution in [2.45, 2.75) is 0 Å². The second-order valence-corrected chi connectivity index (χ2v) is 21.5. The Hall–Kier alpha value is -5.16. The first kappa shape index (κ1) is 34.8. The summed E-state index contributed by atoms with van der Waals surface area (Å²) in [5, 5.41) is 12.0. The van der Waals surface area contributed by atoms with Crippen molar-refractivity contribution in [3.63, 3.8) is 0 Å². The zero-order chi connectivity index (χ0) is 38.2. The third kappa shape index (κ3) is 6.19. The molecule has 12 aromatic rings. The molecule has 58 heavy (non-hydrogen) atoms. The average Bonchev–Trinajstić information content (AvgIpc) is 4.11. The Bertz CT molecular complexity index is 3280. The normalized spacial score (nSPS) is 12.3. The lowest BCUT2D eigenvalue weighted by Crippen LogP contribution is -1.76. The fourth-order valence-corrected chi connectivity index (χ4v) is 14.8. The van der Waals surface area contributed by atoms with Crippen LogP contribution in [0.15, 0.2) is 144 Å². The van der Waals surface area contributed by atoms with Gasteiger partial charge >= 0.3 is 0 Å². The van der Waals surface area contributed by atoms with E-state index in [4.69, 9.17) is 0 Å². The van der Waals surface area contributed by atoms with Gasteiger partial charge in [-0.05, 0) is 107 Å². The van der Waals surface area contributed by atoms with Gasteiger partial charge in [0, 0.05) is 96.0 Å². The predicted molar refractivity (Wildman–Crippen MR) is 266 cm³/mol. The van der Waals surface area contributed by atoms with Gasteiger partial charge < -0.3 is 4.98 Å². The van der Waals surface area contributed by atoms with Crippen LogP contribution in [0.4, 0.5) is 0 Å². The highest BCUT2D eigenvalue weighted by molar-refractivity contribution is 7.27. The van der Waals surface area contributed by atoms with Crippen molar-refractivity contribution in [2.24, 2.45) is 0 Å². The van der Waals surface area contributed by atoms with Crippen LogP contribution < -0.4 is 0 Å². The maximum Gasteiger partial charge on any atom is 0.0545 e. The van der Waals surface area contributed by atoms with Gasteiger partial charge in [-0.15, -0.1) is 79.4 Å². The molecule has 1 N–H and O–H groups in total. The molecule has 1 nitrogen and oxygen atoms in total. The molecule has 0 aliphatic carbocycles. The van der Waals surface area contributed by atoms with Crippen molar-refractivity contribution in [3.8, 4) is 39.0 Å². The molecule has 8 heterocycles. The molecule has 8 heteroatoms. The summed E-state index contributed by atoms with van der Waals surface area (Å²) < 4.78 is 2.67. The van der Waals surface area contributed by atoms with E-state index in [1.54, 1.807) is 22.7 Å². The predicted octanol–water partition coefficient (Wildman–Crippen LogP) is 18.2. The third-order valence-electron chi connectivity index (χ3n) is 10.6. The topological polar surface area (TPSA) is 15.8 Å². The fraction of sp³-hybridized carbons (Fsp3) is 0. The Kier molecular flexibility index (Phi) is 8.58. The standard InChI is InChI=1S/C50H29NS7/c1-3-40(52-25-1)42-21-23-46(56-42)44-19-11-31(54-44)9-5-29-7-13-33-35-15-18-38-36(49(35)51-39(33)27-29)16-17-37-34-14-8-30(28-48(34)58-50(37)38)6-10-32-12-20-45(55-32)47-24-22-43(57-47)41-4-2-26-53-41/h1-28,51H/b9-5+,10-6+. The third-order valence-corrected chi connectivity index (χ3v) is 18.6. The lowest BCUT2D eigenvalue weighted by molar-refractivity contribution is 1.56. The summed E-state index contributed by atoms with van der Waals surface area (Å²) in [5.41, 5.74) is 4.79. The van der Waals surface area contributed by atoms with Gasteiger partial charge in [0.05, 0.1) is 5.52 Å². The Balaban J connectivity index is 0.809. The molecule has 0 aliphatic heterocycles. The maximum atomic E-state index is 3.83. The van der Waals surface area contributed by atoms with Crippen LogP contribution in [0.25, 0.3) is 116 Å². The summed E-state index contributed by atoms with van der Waals surface area (Å²) in [6.45, 7) is 0. The summed E-state index contributed by atoms with van der Waals surface area (Å²) in [5.74, 6) is 0. The Labute approximate surface area is 362 Å². The van der Waals surface area contributed by atoms with E-state index in [0.29, 0.717) is 0 Å². The van der Waals surface area contributed by atoms with Gasteiger partial charge in [0.1, 0.15) is 0 Å². The lowest BCUT2D eigenvalue weighted by Gasteiger charge is -2.02. The molecule has 0 spiro atoms. The van der Waals surface area contributed by atoms with E-state index in [2.05, 4.69) is 174 Å². The SMILES string of the molecule is C(=C\c1ccc(-c2ccc(-c3cccs3)s2)s1)/c1ccc2c(c1)[nH]c1c2ccc2c1ccc1c3ccc(/C=C/c4ccc(-c5ccc(-c6cccs6)s5)s4)cc3sc12. The van der Waals surface area contributed by atoms with Crippen molar-refractivity contribution in [1.29, 1.82) is 0 Å². The number of rotatable bonds is 8. The van der Waals surface area contributed by atoms with Crippen molar-refractivity contribution in [1.82, 2.24) is 4.98 Å². The smallest absolute Gasteiger partial charge is 0.0545 e. The van der Waals surface area contributed by atoms with Gasteiger partial charge in [-0.3, -0.25) is 0 Å². The number of hydrogen-bond donors (Lipinski definition) is 1. The highest BCUT2D eigenvalue weighted by Gasteiger charge is 2.14. The Morgan fingerprint density at radius 2 is 0.845 bits per heavy atom. The Morgan fingerprint density at radius 3 is 1.45 bits per heavy atom. The van der Waals surface area contributed by atoms with E-state index in [1.165, 1.54) is 113 Å². The molecule has 0 saturated carbocycles. The van der Waals surface area contributed by atoms with Crippen LogP contribution in [0.3, 0.4) is 0 Å². The minimum Gasteiger partial charge on any atom is -0.354 e. The number of hydrogen-bond acceptors (Lipinski definition) is 7. The van der Waals surface area contributed by atoms with Crippen LogP contribution >= 0.6 is 79.4 Å². The van der Waals surface area contributed by atoms with Crippen LogP contribution in [0.5, 0.6) is 0 Å². The zero-order valence-corrected chi connectivity index (χ0v) is 36.2. The monoisotopic (exact) mass is 867 g/mol. The van der Waals surface area contributed by atoms with Crippen LogP contribution in [-0.4, -0.2) is 4.98 Å². The minimum absolute atomic E-state index is 1.17. The largest absolute Gasteiger partial charge is 0.354 e. The second-order valence-electron chi connectivity index (χ2n) is 14.2. The molecule has 0 atom stereocenters. The van der Waals surface area contributed by atoms with Gasteiger partial charge in [0.15, 0.2) is 0 Å². The molecule has 0 bridgehead atoms. The number of H-pyrrole nitrogens is 1. The van der Waals surface area contributed by atoms with Gasteiger partial charge in [-0.25, -0.2) is 0 Å². The molecule has 4 aromatic carbocycles. The number of benzene rings is 4. The molecule has 8 aromatic heterocycles. The molecular formula is C50H29NS7.